The zero-order valence-corrected chi connectivity index (χ0v) is 13.1. The fourth-order valence-electron chi connectivity index (χ4n) is 3.37. The third-order valence-electron chi connectivity index (χ3n) is 4.59. The van der Waals surface area contributed by atoms with Crippen LogP contribution in [-0.2, 0) is 9.47 Å². The molecule has 114 valence electrons. The highest BCUT2D eigenvalue weighted by Gasteiger charge is 2.28. The van der Waals surface area contributed by atoms with Crippen molar-refractivity contribution in [2.75, 3.05) is 40.5 Å². The summed E-state index contributed by atoms with van der Waals surface area (Å²) < 4.78 is 10.6. The minimum atomic E-state index is 0.712. The van der Waals surface area contributed by atoms with E-state index in [1.165, 1.54) is 45.1 Å². The van der Waals surface area contributed by atoms with E-state index in [0.717, 1.165) is 31.0 Å². The zero-order chi connectivity index (χ0) is 13.9. The van der Waals surface area contributed by atoms with E-state index in [2.05, 4.69) is 19.3 Å². The van der Waals surface area contributed by atoms with Gasteiger partial charge in [-0.05, 0) is 57.0 Å². The molecule has 0 spiro atoms. The van der Waals surface area contributed by atoms with Crippen LogP contribution < -0.4 is 5.32 Å². The van der Waals surface area contributed by atoms with Gasteiger partial charge in [-0.25, -0.2) is 0 Å². The molecule has 0 aromatic rings. The molecule has 0 amide bonds. The Balaban J connectivity index is 2.21. The van der Waals surface area contributed by atoms with Crippen LogP contribution in [0.25, 0.3) is 0 Å². The smallest absolute Gasteiger partial charge is 0.0700 e. The van der Waals surface area contributed by atoms with Crippen molar-refractivity contribution in [1.82, 2.24) is 5.32 Å². The molecule has 0 radical (unpaired) electrons. The molecule has 1 aliphatic carbocycles. The Bertz CT molecular complexity index is 211. The SMILES string of the molecule is CCC1CCC(CNC)C(CCCOCCOC)C1. The Labute approximate surface area is 119 Å². The van der Waals surface area contributed by atoms with E-state index < -0.39 is 0 Å². The fourth-order valence-corrected chi connectivity index (χ4v) is 3.37. The van der Waals surface area contributed by atoms with Gasteiger partial charge in [-0.3, -0.25) is 0 Å². The summed E-state index contributed by atoms with van der Waals surface area (Å²) in [6.45, 7) is 5.87. The first-order chi connectivity index (χ1) is 9.31. The first-order valence-electron chi connectivity index (χ1n) is 8.03. The molecule has 19 heavy (non-hydrogen) atoms. The maximum Gasteiger partial charge on any atom is 0.0700 e. The molecule has 3 nitrogen and oxygen atoms in total. The second-order valence-corrected chi connectivity index (χ2v) is 5.91. The van der Waals surface area contributed by atoms with Crippen LogP contribution in [0.4, 0.5) is 0 Å². The molecule has 1 saturated carbocycles. The van der Waals surface area contributed by atoms with Crippen LogP contribution in [0.2, 0.25) is 0 Å². The van der Waals surface area contributed by atoms with Gasteiger partial charge in [0.1, 0.15) is 0 Å². The first kappa shape index (κ1) is 16.9. The average molecular weight is 271 g/mol. The Morgan fingerprint density at radius 2 is 1.95 bits per heavy atom. The highest BCUT2D eigenvalue weighted by Crippen LogP contribution is 2.37. The summed E-state index contributed by atoms with van der Waals surface area (Å²) in [6.07, 6.45) is 8.16. The maximum absolute atomic E-state index is 5.57. The number of rotatable bonds is 10. The lowest BCUT2D eigenvalue weighted by Gasteiger charge is -2.36. The lowest BCUT2D eigenvalue weighted by Crippen LogP contribution is -2.32. The molecule has 1 fully saturated rings. The summed E-state index contributed by atoms with van der Waals surface area (Å²) in [4.78, 5) is 0. The van der Waals surface area contributed by atoms with Crippen molar-refractivity contribution in [3.05, 3.63) is 0 Å². The van der Waals surface area contributed by atoms with Crippen LogP contribution in [0.3, 0.4) is 0 Å². The molecule has 0 aromatic carbocycles. The molecule has 3 heteroatoms. The largest absolute Gasteiger partial charge is 0.382 e. The molecule has 0 heterocycles. The number of hydrogen-bond donors (Lipinski definition) is 1. The number of hydrogen-bond acceptors (Lipinski definition) is 3. The predicted molar refractivity (Wildman–Crippen MR) is 80.5 cm³/mol. The summed E-state index contributed by atoms with van der Waals surface area (Å²) >= 11 is 0. The second kappa shape index (κ2) is 10.6. The molecule has 0 saturated heterocycles. The van der Waals surface area contributed by atoms with Gasteiger partial charge >= 0.3 is 0 Å². The molecule has 1 aliphatic rings. The molecule has 0 aliphatic heterocycles. The van der Waals surface area contributed by atoms with Crippen LogP contribution in [0.5, 0.6) is 0 Å². The van der Waals surface area contributed by atoms with E-state index in [1.54, 1.807) is 7.11 Å². The van der Waals surface area contributed by atoms with Gasteiger partial charge < -0.3 is 14.8 Å². The summed E-state index contributed by atoms with van der Waals surface area (Å²) in [7, 11) is 3.80. The summed E-state index contributed by atoms with van der Waals surface area (Å²) in [5, 5.41) is 3.37. The summed E-state index contributed by atoms with van der Waals surface area (Å²) in [5.74, 6) is 2.75. The normalized spacial score (nSPS) is 27.6. The Hall–Kier alpha value is -0.120. The highest BCUT2D eigenvalue weighted by atomic mass is 16.5. The van der Waals surface area contributed by atoms with Crippen LogP contribution in [0, 0.1) is 17.8 Å². The molecule has 3 unspecified atom stereocenters. The third kappa shape index (κ3) is 6.73. The van der Waals surface area contributed by atoms with E-state index in [1.807, 2.05) is 0 Å². The van der Waals surface area contributed by atoms with Gasteiger partial charge in [0.25, 0.3) is 0 Å². The quantitative estimate of drug-likeness (QED) is 0.619. The van der Waals surface area contributed by atoms with Crippen molar-refractivity contribution >= 4 is 0 Å². The van der Waals surface area contributed by atoms with E-state index in [4.69, 9.17) is 9.47 Å². The van der Waals surface area contributed by atoms with E-state index >= 15 is 0 Å². The molecular weight excluding hydrogens is 238 g/mol. The van der Waals surface area contributed by atoms with Gasteiger partial charge in [0.15, 0.2) is 0 Å². The molecule has 0 aromatic heterocycles. The van der Waals surface area contributed by atoms with Gasteiger partial charge in [-0.1, -0.05) is 19.8 Å². The lowest BCUT2D eigenvalue weighted by atomic mass is 9.71. The van der Waals surface area contributed by atoms with Gasteiger partial charge in [0.05, 0.1) is 13.2 Å². The predicted octanol–water partition coefficient (Wildman–Crippen LogP) is 3.09. The zero-order valence-electron chi connectivity index (χ0n) is 13.1. The summed E-state index contributed by atoms with van der Waals surface area (Å²) in [5.41, 5.74) is 0. The van der Waals surface area contributed by atoms with Crippen LogP contribution in [0.15, 0.2) is 0 Å². The molecule has 3 atom stereocenters. The van der Waals surface area contributed by atoms with Gasteiger partial charge in [0.2, 0.25) is 0 Å². The minimum absolute atomic E-state index is 0.712. The average Bonchev–Trinajstić information content (AvgIpc) is 2.44. The topological polar surface area (TPSA) is 30.5 Å². The van der Waals surface area contributed by atoms with Gasteiger partial charge in [-0.2, -0.15) is 0 Å². The van der Waals surface area contributed by atoms with Crippen molar-refractivity contribution in [2.45, 2.75) is 45.4 Å². The Kier molecular flexibility index (Phi) is 9.48. The summed E-state index contributed by atoms with van der Waals surface area (Å²) in [6, 6.07) is 0. The molecule has 1 rings (SSSR count). The van der Waals surface area contributed by atoms with Crippen LogP contribution in [0.1, 0.15) is 45.4 Å². The van der Waals surface area contributed by atoms with Gasteiger partial charge in [0, 0.05) is 13.7 Å². The highest BCUT2D eigenvalue weighted by molar-refractivity contribution is 4.80. The minimum Gasteiger partial charge on any atom is -0.382 e. The second-order valence-electron chi connectivity index (χ2n) is 5.91. The Morgan fingerprint density at radius 3 is 2.63 bits per heavy atom. The van der Waals surface area contributed by atoms with Crippen LogP contribution >= 0.6 is 0 Å². The lowest BCUT2D eigenvalue weighted by molar-refractivity contribution is 0.0628. The molecule has 0 bridgehead atoms. The van der Waals surface area contributed by atoms with Crippen molar-refractivity contribution < 1.29 is 9.47 Å². The van der Waals surface area contributed by atoms with E-state index in [9.17, 15) is 0 Å². The Morgan fingerprint density at radius 1 is 1.11 bits per heavy atom. The van der Waals surface area contributed by atoms with E-state index in [0.29, 0.717) is 6.61 Å². The number of nitrogens with one attached hydrogen (secondary N) is 1. The van der Waals surface area contributed by atoms with Crippen LogP contribution in [-0.4, -0.2) is 40.5 Å². The molecule has 1 N–H and O–H groups in total. The van der Waals surface area contributed by atoms with Gasteiger partial charge in [-0.15, -0.1) is 0 Å². The monoisotopic (exact) mass is 271 g/mol. The van der Waals surface area contributed by atoms with Crippen molar-refractivity contribution in [3.63, 3.8) is 0 Å². The van der Waals surface area contributed by atoms with E-state index in [-0.39, 0.29) is 0 Å². The van der Waals surface area contributed by atoms with Crippen molar-refractivity contribution in [2.24, 2.45) is 17.8 Å². The maximum atomic E-state index is 5.57. The first-order valence-corrected chi connectivity index (χ1v) is 8.03. The standard InChI is InChI=1S/C16H33NO2/c1-4-14-7-8-16(13-17-2)15(12-14)6-5-9-19-11-10-18-3/h14-17H,4-13H2,1-3H3. The van der Waals surface area contributed by atoms with Crippen molar-refractivity contribution in [1.29, 1.82) is 0 Å². The number of methoxy groups -OCH3 is 1. The fraction of sp³-hybridized carbons (Fsp3) is 1.00. The number of ether oxygens (including phenoxy) is 2. The molecular formula is C16H33NO2. The van der Waals surface area contributed by atoms with Crippen molar-refractivity contribution in [3.8, 4) is 0 Å². The third-order valence-corrected chi connectivity index (χ3v) is 4.59.